The highest BCUT2D eigenvalue weighted by atomic mass is 15.4. The standard InChI is InChI=1S/C14H22N6/c1-3-11-8-13(20-14(18-11)16-10-17-20)15-9-12-6-5-7-19(12)4-2/h8,10,12,15H,3-7,9H2,1-2H3/t12-/m1/s1. The number of aromatic nitrogens is 4. The van der Waals surface area contributed by atoms with E-state index in [1.54, 1.807) is 10.8 Å². The first-order valence-corrected chi connectivity index (χ1v) is 7.49. The number of hydrogen-bond acceptors (Lipinski definition) is 5. The van der Waals surface area contributed by atoms with Gasteiger partial charge in [-0.15, -0.1) is 0 Å². The first-order chi connectivity index (χ1) is 9.81. The molecule has 0 bridgehead atoms. The SMILES string of the molecule is CCc1cc(NC[C@H]2CCCN2CC)n2ncnc2n1. The van der Waals surface area contributed by atoms with E-state index in [1.807, 2.05) is 0 Å². The van der Waals surface area contributed by atoms with Gasteiger partial charge in [-0.25, -0.2) is 4.98 Å². The van der Waals surface area contributed by atoms with E-state index in [0.717, 1.165) is 31.0 Å². The molecule has 1 aliphatic heterocycles. The van der Waals surface area contributed by atoms with Gasteiger partial charge in [-0.05, 0) is 32.4 Å². The Balaban J connectivity index is 1.78. The van der Waals surface area contributed by atoms with Gasteiger partial charge in [-0.2, -0.15) is 14.6 Å². The van der Waals surface area contributed by atoms with Crippen LogP contribution in [0.15, 0.2) is 12.4 Å². The molecule has 0 aliphatic carbocycles. The van der Waals surface area contributed by atoms with Crippen molar-refractivity contribution < 1.29 is 0 Å². The highest BCUT2D eigenvalue weighted by Gasteiger charge is 2.22. The molecule has 0 radical (unpaired) electrons. The van der Waals surface area contributed by atoms with Crippen LogP contribution in [0.5, 0.6) is 0 Å². The molecule has 0 aromatic carbocycles. The average Bonchev–Trinajstić information content (AvgIpc) is 3.12. The lowest BCUT2D eigenvalue weighted by Crippen LogP contribution is -2.35. The number of likely N-dealkylation sites (N-methyl/N-ethyl adjacent to an activating group) is 1. The Bertz CT molecular complexity index is 578. The number of rotatable bonds is 5. The van der Waals surface area contributed by atoms with Crippen LogP contribution in [0.4, 0.5) is 5.82 Å². The third kappa shape index (κ3) is 2.47. The van der Waals surface area contributed by atoms with E-state index in [9.17, 15) is 0 Å². The number of anilines is 1. The average molecular weight is 274 g/mol. The van der Waals surface area contributed by atoms with Crippen LogP contribution in [-0.4, -0.2) is 50.2 Å². The molecule has 1 fully saturated rings. The van der Waals surface area contributed by atoms with Crippen LogP contribution in [0.25, 0.3) is 5.78 Å². The minimum atomic E-state index is 0.622. The predicted molar refractivity (Wildman–Crippen MR) is 78.9 cm³/mol. The molecule has 1 saturated heterocycles. The molecule has 0 amide bonds. The summed E-state index contributed by atoms with van der Waals surface area (Å²) in [7, 11) is 0. The van der Waals surface area contributed by atoms with Crippen molar-refractivity contribution in [2.75, 3.05) is 25.0 Å². The summed E-state index contributed by atoms with van der Waals surface area (Å²) in [4.78, 5) is 11.2. The van der Waals surface area contributed by atoms with E-state index < -0.39 is 0 Å². The van der Waals surface area contributed by atoms with Gasteiger partial charge in [-0.1, -0.05) is 13.8 Å². The van der Waals surface area contributed by atoms with Crippen molar-refractivity contribution in [1.82, 2.24) is 24.5 Å². The number of fused-ring (bicyclic) bond motifs is 1. The number of aryl methyl sites for hydroxylation is 1. The monoisotopic (exact) mass is 274 g/mol. The molecule has 2 aromatic rings. The van der Waals surface area contributed by atoms with Gasteiger partial charge in [-0.3, -0.25) is 4.90 Å². The molecular formula is C14H22N6. The van der Waals surface area contributed by atoms with Crippen molar-refractivity contribution >= 4 is 11.6 Å². The molecule has 0 spiro atoms. The van der Waals surface area contributed by atoms with E-state index in [2.05, 4.69) is 45.2 Å². The van der Waals surface area contributed by atoms with Crippen LogP contribution in [-0.2, 0) is 6.42 Å². The Labute approximate surface area is 119 Å². The summed E-state index contributed by atoms with van der Waals surface area (Å²) < 4.78 is 1.78. The number of likely N-dealkylation sites (tertiary alicyclic amines) is 1. The van der Waals surface area contributed by atoms with Crippen LogP contribution in [0.3, 0.4) is 0 Å². The van der Waals surface area contributed by atoms with E-state index in [4.69, 9.17) is 0 Å². The van der Waals surface area contributed by atoms with Gasteiger partial charge in [0.15, 0.2) is 0 Å². The first kappa shape index (κ1) is 13.3. The largest absolute Gasteiger partial charge is 0.368 e. The summed E-state index contributed by atoms with van der Waals surface area (Å²) in [6.45, 7) is 7.64. The number of nitrogens with zero attached hydrogens (tertiary/aromatic N) is 5. The molecule has 1 N–H and O–H groups in total. The van der Waals surface area contributed by atoms with Crippen molar-refractivity contribution in [3.05, 3.63) is 18.1 Å². The molecule has 6 heteroatoms. The summed E-state index contributed by atoms with van der Waals surface area (Å²) in [6.07, 6.45) is 5.03. The lowest BCUT2D eigenvalue weighted by atomic mass is 10.2. The fourth-order valence-electron chi connectivity index (χ4n) is 2.93. The van der Waals surface area contributed by atoms with Crippen molar-refractivity contribution in [2.24, 2.45) is 0 Å². The van der Waals surface area contributed by atoms with Crippen molar-refractivity contribution in [2.45, 2.75) is 39.2 Å². The zero-order valence-corrected chi connectivity index (χ0v) is 12.2. The summed E-state index contributed by atoms with van der Waals surface area (Å²) in [5, 5.41) is 7.78. The maximum Gasteiger partial charge on any atom is 0.254 e. The fourth-order valence-corrected chi connectivity index (χ4v) is 2.93. The van der Waals surface area contributed by atoms with Gasteiger partial charge in [0.05, 0.1) is 0 Å². The quantitative estimate of drug-likeness (QED) is 0.897. The van der Waals surface area contributed by atoms with Gasteiger partial charge in [0.1, 0.15) is 12.1 Å². The van der Waals surface area contributed by atoms with Crippen LogP contribution in [0, 0.1) is 0 Å². The lowest BCUT2D eigenvalue weighted by molar-refractivity contribution is 0.277. The maximum absolute atomic E-state index is 4.46. The van der Waals surface area contributed by atoms with E-state index in [1.165, 1.54) is 19.4 Å². The Morgan fingerprint density at radius 1 is 1.40 bits per heavy atom. The zero-order chi connectivity index (χ0) is 13.9. The van der Waals surface area contributed by atoms with Crippen molar-refractivity contribution in [1.29, 1.82) is 0 Å². The molecule has 0 unspecified atom stereocenters. The van der Waals surface area contributed by atoms with Crippen LogP contribution < -0.4 is 5.32 Å². The summed E-state index contributed by atoms with van der Waals surface area (Å²) in [5.41, 5.74) is 1.05. The Hall–Kier alpha value is -1.69. The van der Waals surface area contributed by atoms with Crippen LogP contribution >= 0.6 is 0 Å². The fraction of sp³-hybridized carbons (Fsp3) is 0.643. The molecule has 20 heavy (non-hydrogen) atoms. The highest BCUT2D eigenvalue weighted by molar-refractivity contribution is 5.45. The molecule has 0 saturated carbocycles. The van der Waals surface area contributed by atoms with Crippen molar-refractivity contribution in [3.63, 3.8) is 0 Å². The molecule has 1 aliphatic rings. The third-order valence-corrected chi connectivity index (χ3v) is 4.09. The molecule has 1 atom stereocenters. The molecule has 3 rings (SSSR count). The minimum absolute atomic E-state index is 0.622. The van der Waals surface area contributed by atoms with Gasteiger partial charge in [0.25, 0.3) is 5.78 Å². The van der Waals surface area contributed by atoms with Gasteiger partial charge < -0.3 is 5.32 Å². The zero-order valence-electron chi connectivity index (χ0n) is 12.2. The van der Waals surface area contributed by atoms with E-state index in [-0.39, 0.29) is 0 Å². The first-order valence-electron chi connectivity index (χ1n) is 7.49. The Morgan fingerprint density at radius 2 is 2.30 bits per heavy atom. The molecule has 6 nitrogen and oxygen atoms in total. The summed E-state index contributed by atoms with van der Waals surface area (Å²) >= 11 is 0. The second-order valence-corrected chi connectivity index (χ2v) is 5.26. The number of nitrogens with one attached hydrogen (secondary N) is 1. The lowest BCUT2D eigenvalue weighted by Gasteiger charge is -2.23. The summed E-state index contributed by atoms with van der Waals surface area (Å²) in [5.74, 6) is 1.66. The predicted octanol–water partition coefficient (Wildman–Crippen LogP) is 1.58. The van der Waals surface area contributed by atoms with Crippen molar-refractivity contribution in [3.8, 4) is 0 Å². The second-order valence-electron chi connectivity index (χ2n) is 5.26. The topological polar surface area (TPSA) is 58.4 Å². The molecule has 108 valence electrons. The van der Waals surface area contributed by atoms with Gasteiger partial charge >= 0.3 is 0 Å². The molecule has 2 aromatic heterocycles. The van der Waals surface area contributed by atoms with Gasteiger partial charge in [0.2, 0.25) is 0 Å². The molecular weight excluding hydrogens is 252 g/mol. The second kappa shape index (κ2) is 5.75. The number of hydrogen-bond donors (Lipinski definition) is 1. The van der Waals surface area contributed by atoms with Crippen LogP contribution in [0.2, 0.25) is 0 Å². The minimum Gasteiger partial charge on any atom is -0.368 e. The Kier molecular flexibility index (Phi) is 3.82. The third-order valence-electron chi connectivity index (χ3n) is 4.09. The van der Waals surface area contributed by atoms with Crippen LogP contribution in [0.1, 0.15) is 32.4 Å². The maximum atomic E-state index is 4.46. The normalized spacial score (nSPS) is 19.8. The summed E-state index contributed by atoms with van der Waals surface area (Å²) in [6, 6.07) is 2.70. The smallest absolute Gasteiger partial charge is 0.254 e. The molecule has 3 heterocycles. The highest BCUT2D eigenvalue weighted by Crippen LogP contribution is 2.18. The van der Waals surface area contributed by atoms with E-state index in [0.29, 0.717) is 11.8 Å². The van der Waals surface area contributed by atoms with E-state index >= 15 is 0 Å². The Morgan fingerprint density at radius 3 is 3.10 bits per heavy atom. The van der Waals surface area contributed by atoms with Gasteiger partial charge in [0, 0.05) is 24.3 Å².